The molecule has 0 aromatic carbocycles. The minimum Gasteiger partial charge on any atom is -0.316 e. The van der Waals surface area contributed by atoms with Crippen molar-refractivity contribution in [3.8, 4) is 0 Å². The molecule has 0 saturated heterocycles. The van der Waals surface area contributed by atoms with E-state index in [0.717, 1.165) is 11.2 Å². The second-order valence-corrected chi connectivity index (χ2v) is 5.63. The number of thioether (sulfide) groups is 1. The molecule has 0 radical (unpaired) electrons. The van der Waals surface area contributed by atoms with Gasteiger partial charge in [0.1, 0.15) is 0 Å². The molecule has 12 heavy (non-hydrogen) atoms. The lowest BCUT2D eigenvalue weighted by molar-refractivity contribution is 0.592. The molecule has 0 spiro atoms. The predicted octanol–water partition coefficient (Wildman–Crippen LogP) is 2.76. The minimum atomic E-state index is 0.608. The average Bonchev–Trinajstić information content (AvgIpc) is 2.02. The number of rotatable bonds is 5. The van der Waals surface area contributed by atoms with Crippen molar-refractivity contribution in [3.05, 3.63) is 0 Å². The molecule has 1 N–H and O–H groups in total. The van der Waals surface area contributed by atoms with E-state index in [1.54, 1.807) is 0 Å². The van der Waals surface area contributed by atoms with Crippen LogP contribution in [0.1, 0.15) is 34.6 Å². The third-order valence-electron chi connectivity index (χ3n) is 2.53. The van der Waals surface area contributed by atoms with Gasteiger partial charge >= 0.3 is 0 Å². The molecule has 0 bridgehead atoms. The first-order valence-electron chi connectivity index (χ1n) is 4.81. The highest BCUT2D eigenvalue weighted by atomic mass is 32.2. The maximum Gasteiger partial charge on any atom is 0.0172 e. The van der Waals surface area contributed by atoms with Gasteiger partial charge in [-0.1, -0.05) is 27.7 Å². The van der Waals surface area contributed by atoms with Gasteiger partial charge in [-0.3, -0.25) is 0 Å². The fourth-order valence-corrected chi connectivity index (χ4v) is 2.21. The van der Waals surface area contributed by atoms with Crippen LogP contribution in [-0.4, -0.2) is 23.6 Å². The van der Waals surface area contributed by atoms with Crippen LogP contribution in [0.15, 0.2) is 0 Å². The van der Waals surface area contributed by atoms with Crippen molar-refractivity contribution in [2.24, 2.45) is 5.92 Å². The van der Waals surface area contributed by atoms with Gasteiger partial charge in [0.15, 0.2) is 0 Å². The quantitative estimate of drug-likeness (QED) is 0.714. The van der Waals surface area contributed by atoms with Gasteiger partial charge in [-0.15, -0.1) is 0 Å². The first-order chi connectivity index (χ1) is 5.49. The molecule has 2 heteroatoms. The Kier molecular flexibility index (Phi) is 6.02. The van der Waals surface area contributed by atoms with Crippen LogP contribution in [0, 0.1) is 5.92 Å². The molecule has 0 fully saturated rings. The summed E-state index contributed by atoms with van der Waals surface area (Å²) >= 11 is 2.08. The standard InChI is InChI=1S/C10H23NS/c1-7(2)9(4)12-10(5)8(3)11-6/h7-11H,1-6H3. The third kappa shape index (κ3) is 4.36. The van der Waals surface area contributed by atoms with E-state index < -0.39 is 0 Å². The molecule has 0 aromatic heterocycles. The van der Waals surface area contributed by atoms with Crippen LogP contribution in [0.4, 0.5) is 0 Å². The first-order valence-corrected chi connectivity index (χ1v) is 5.76. The molecule has 0 heterocycles. The Labute approximate surface area is 81.7 Å². The van der Waals surface area contributed by atoms with Crippen LogP contribution >= 0.6 is 11.8 Å². The van der Waals surface area contributed by atoms with Gasteiger partial charge in [0.05, 0.1) is 0 Å². The summed E-state index contributed by atoms with van der Waals surface area (Å²) in [6.45, 7) is 11.4. The summed E-state index contributed by atoms with van der Waals surface area (Å²) in [7, 11) is 2.03. The lowest BCUT2D eigenvalue weighted by atomic mass is 10.2. The maximum absolute atomic E-state index is 3.29. The van der Waals surface area contributed by atoms with Gasteiger partial charge in [0.2, 0.25) is 0 Å². The zero-order valence-corrected chi connectivity index (χ0v) is 10.0. The van der Waals surface area contributed by atoms with Crippen molar-refractivity contribution < 1.29 is 0 Å². The molecule has 0 aliphatic carbocycles. The van der Waals surface area contributed by atoms with E-state index in [9.17, 15) is 0 Å². The van der Waals surface area contributed by atoms with Crippen molar-refractivity contribution in [2.75, 3.05) is 7.05 Å². The molecule has 0 rings (SSSR count). The van der Waals surface area contributed by atoms with Gasteiger partial charge in [-0.05, 0) is 19.9 Å². The van der Waals surface area contributed by atoms with Gasteiger partial charge in [0.25, 0.3) is 0 Å². The molecule has 1 nitrogen and oxygen atoms in total. The van der Waals surface area contributed by atoms with Gasteiger partial charge < -0.3 is 5.32 Å². The third-order valence-corrected chi connectivity index (χ3v) is 4.34. The Morgan fingerprint density at radius 1 is 0.917 bits per heavy atom. The number of hydrogen-bond donors (Lipinski definition) is 1. The Balaban J connectivity index is 3.75. The SMILES string of the molecule is CNC(C)C(C)SC(C)C(C)C. The summed E-state index contributed by atoms with van der Waals surface area (Å²) in [6.07, 6.45) is 0. The smallest absolute Gasteiger partial charge is 0.0172 e. The summed E-state index contributed by atoms with van der Waals surface area (Å²) in [6, 6.07) is 0.608. The summed E-state index contributed by atoms with van der Waals surface area (Å²) in [5.41, 5.74) is 0. The zero-order valence-electron chi connectivity index (χ0n) is 9.22. The second kappa shape index (κ2) is 5.87. The Morgan fingerprint density at radius 2 is 1.42 bits per heavy atom. The van der Waals surface area contributed by atoms with E-state index in [4.69, 9.17) is 0 Å². The molecular weight excluding hydrogens is 166 g/mol. The Morgan fingerprint density at radius 3 is 1.75 bits per heavy atom. The highest BCUT2D eigenvalue weighted by Crippen LogP contribution is 2.25. The zero-order chi connectivity index (χ0) is 9.72. The minimum absolute atomic E-state index is 0.608. The van der Waals surface area contributed by atoms with Crippen LogP contribution in [0.2, 0.25) is 0 Å². The van der Waals surface area contributed by atoms with Crippen molar-refractivity contribution in [3.63, 3.8) is 0 Å². The lowest BCUT2D eigenvalue weighted by Gasteiger charge is -2.24. The van der Waals surface area contributed by atoms with Gasteiger partial charge in [-0.25, -0.2) is 0 Å². The van der Waals surface area contributed by atoms with E-state index in [1.165, 1.54) is 0 Å². The number of nitrogens with one attached hydrogen (secondary N) is 1. The normalized spacial score (nSPS) is 19.2. The fourth-order valence-electron chi connectivity index (χ4n) is 0.848. The highest BCUT2D eigenvalue weighted by Gasteiger charge is 2.16. The molecule has 3 atom stereocenters. The van der Waals surface area contributed by atoms with E-state index >= 15 is 0 Å². The second-order valence-electron chi connectivity index (χ2n) is 3.87. The molecule has 0 saturated carbocycles. The predicted molar refractivity (Wildman–Crippen MR) is 59.9 cm³/mol. The van der Waals surface area contributed by atoms with E-state index in [2.05, 4.69) is 51.7 Å². The van der Waals surface area contributed by atoms with Gasteiger partial charge in [-0.2, -0.15) is 11.8 Å². The van der Waals surface area contributed by atoms with Crippen molar-refractivity contribution in [1.82, 2.24) is 5.32 Å². The monoisotopic (exact) mass is 189 g/mol. The summed E-state index contributed by atoms with van der Waals surface area (Å²) in [5, 5.41) is 4.75. The lowest BCUT2D eigenvalue weighted by Crippen LogP contribution is -2.32. The Hall–Kier alpha value is 0.310. The van der Waals surface area contributed by atoms with Crippen molar-refractivity contribution in [2.45, 2.75) is 51.2 Å². The largest absolute Gasteiger partial charge is 0.316 e. The molecule has 0 aromatic rings. The van der Waals surface area contributed by atoms with E-state index in [-0.39, 0.29) is 0 Å². The van der Waals surface area contributed by atoms with Crippen LogP contribution < -0.4 is 5.32 Å². The van der Waals surface area contributed by atoms with Crippen LogP contribution in [0.25, 0.3) is 0 Å². The van der Waals surface area contributed by atoms with Gasteiger partial charge in [0, 0.05) is 16.5 Å². The molecular formula is C10H23NS. The maximum atomic E-state index is 3.29. The van der Waals surface area contributed by atoms with Crippen molar-refractivity contribution in [1.29, 1.82) is 0 Å². The topological polar surface area (TPSA) is 12.0 Å². The fraction of sp³-hybridized carbons (Fsp3) is 1.00. The summed E-state index contributed by atoms with van der Waals surface area (Å²) < 4.78 is 0. The van der Waals surface area contributed by atoms with E-state index in [0.29, 0.717) is 11.3 Å². The highest BCUT2D eigenvalue weighted by molar-refractivity contribution is 8.00. The molecule has 3 unspecified atom stereocenters. The molecule has 0 aliphatic heterocycles. The molecule has 0 aliphatic rings. The molecule has 0 amide bonds. The van der Waals surface area contributed by atoms with Crippen LogP contribution in [0.3, 0.4) is 0 Å². The number of hydrogen-bond acceptors (Lipinski definition) is 2. The van der Waals surface area contributed by atoms with Crippen LogP contribution in [0.5, 0.6) is 0 Å². The Bertz CT molecular complexity index is 114. The van der Waals surface area contributed by atoms with E-state index in [1.807, 2.05) is 7.05 Å². The summed E-state index contributed by atoms with van der Waals surface area (Å²) in [5.74, 6) is 0.779. The first kappa shape index (κ1) is 12.3. The summed E-state index contributed by atoms with van der Waals surface area (Å²) in [4.78, 5) is 0. The van der Waals surface area contributed by atoms with Crippen molar-refractivity contribution >= 4 is 11.8 Å². The van der Waals surface area contributed by atoms with Crippen LogP contribution in [-0.2, 0) is 0 Å². The molecule has 74 valence electrons. The average molecular weight is 189 g/mol.